The van der Waals surface area contributed by atoms with Crippen LogP contribution in [0.25, 0.3) is 15.9 Å². The second-order valence-electron chi connectivity index (χ2n) is 9.33. The molecule has 0 unspecified atom stereocenters. The van der Waals surface area contributed by atoms with Crippen molar-refractivity contribution in [2.75, 3.05) is 24.2 Å². The minimum Gasteiger partial charge on any atom is -0.345 e. The van der Waals surface area contributed by atoms with Gasteiger partial charge in [-0.2, -0.15) is 4.31 Å². The van der Waals surface area contributed by atoms with Crippen LogP contribution in [0.5, 0.6) is 0 Å². The van der Waals surface area contributed by atoms with Crippen LogP contribution < -0.4 is 10.6 Å². The van der Waals surface area contributed by atoms with Gasteiger partial charge in [-0.05, 0) is 54.6 Å². The van der Waals surface area contributed by atoms with Crippen LogP contribution in [0.3, 0.4) is 0 Å². The van der Waals surface area contributed by atoms with E-state index in [1.807, 2.05) is 30.3 Å². The van der Waals surface area contributed by atoms with Gasteiger partial charge in [0.2, 0.25) is 15.9 Å². The molecule has 2 aromatic heterocycles. The maximum atomic E-state index is 13.0. The average Bonchev–Trinajstić information content (AvgIpc) is 3.62. The van der Waals surface area contributed by atoms with E-state index in [1.54, 1.807) is 36.6 Å². The summed E-state index contributed by atoms with van der Waals surface area (Å²) in [5.74, 6) is -0.211. The highest BCUT2D eigenvalue weighted by Gasteiger charge is 2.22. The highest BCUT2D eigenvalue weighted by atomic mass is 35.5. The summed E-state index contributed by atoms with van der Waals surface area (Å²) in [6.45, 7) is 4.25. The van der Waals surface area contributed by atoms with Gasteiger partial charge in [0.1, 0.15) is 0 Å². The highest BCUT2D eigenvalue weighted by Crippen LogP contribution is 2.27. The number of anilines is 1. The largest absolute Gasteiger partial charge is 0.345 e. The summed E-state index contributed by atoms with van der Waals surface area (Å²) in [5.41, 5.74) is 1.76. The van der Waals surface area contributed by atoms with Gasteiger partial charge in [-0.25, -0.2) is 13.4 Å². The number of carbonyl (C=O) groups is 2. The third kappa shape index (κ3) is 7.11. The molecule has 3 aromatic carbocycles. The van der Waals surface area contributed by atoms with E-state index in [0.717, 1.165) is 10.2 Å². The van der Waals surface area contributed by atoms with E-state index < -0.39 is 15.9 Å². The third-order valence-corrected chi connectivity index (χ3v) is 10.7. The molecule has 228 valence electrons. The Balaban J connectivity index is 1.29. The molecular weight excluding hydrogens is 642 g/mol. The van der Waals surface area contributed by atoms with E-state index in [2.05, 4.69) is 25.8 Å². The maximum absolute atomic E-state index is 13.0. The SMILES string of the molecule is CCN(CC)S(=O)(=O)c1ccc(C(=O)NCc2nnc(SCC(=O)Nc3nc4ccccc4s3)n2-c2cccc(Cl)c2)cc1. The van der Waals surface area contributed by atoms with Gasteiger partial charge in [-0.15, -0.1) is 10.2 Å². The quantitative estimate of drug-likeness (QED) is 0.172. The van der Waals surface area contributed by atoms with Crippen LogP contribution in [0.2, 0.25) is 5.02 Å². The van der Waals surface area contributed by atoms with Crippen molar-refractivity contribution >= 4 is 71.9 Å². The van der Waals surface area contributed by atoms with Crippen molar-refractivity contribution in [1.82, 2.24) is 29.4 Å². The molecule has 0 spiro atoms. The predicted molar refractivity (Wildman–Crippen MR) is 173 cm³/mol. The van der Waals surface area contributed by atoms with Crippen molar-refractivity contribution in [3.63, 3.8) is 0 Å². The van der Waals surface area contributed by atoms with Crippen molar-refractivity contribution in [1.29, 1.82) is 0 Å². The van der Waals surface area contributed by atoms with Crippen LogP contribution in [0.15, 0.2) is 82.8 Å². The molecule has 11 nitrogen and oxygen atoms in total. The second kappa shape index (κ2) is 13.9. The number of thioether (sulfide) groups is 1. The van der Waals surface area contributed by atoms with Crippen LogP contribution in [-0.4, -0.2) is 63.1 Å². The zero-order valence-electron chi connectivity index (χ0n) is 23.7. The first-order chi connectivity index (χ1) is 21.2. The van der Waals surface area contributed by atoms with E-state index in [0.29, 0.717) is 45.5 Å². The number of para-hydroxylation sites is 1. The van der Waals surface area contributed by atoms with E-state index in [9.17, 15) is 18.0 Å². The van der Waals surface area contributed by atoms with Gasteiger partial charge < -0.3 is 10.6 Å². The topological polar surface area (TPSA) is 139 Å². The van der Waals surface area contributed by atoms with Gasteiger partial charge in [0, 0.05) is 23.7 Å². The lowest BCUT2D eigenvalue weighted by Crippen LogP contribution is -2.30. The Labute approximate surface area is 267 Å². The lowest BCUT2D eigenvalue weighted by atomic mass is 10.2. The minimum absolute atomic E-state index is 0.0102. The Morgan fingerprint density at radius 2 is 1.75 bits per heavy atom. The van der Waals surface area contributed by atoms with Crippen molar-refractivity contribution in [3.05, 3.63) is 89.2 Å². The van der Waals surface area contributed by atoms with Crippen LogP contribution in [0.4, 0.5) is 5.13 Å². The number of aromatic nitrogens is 4. The third-order valence-electron chi connectivity index (χ3n) is 6.51. The van der Waals surface area contributed by atoms with Crippen molar-refractivity contribution in [2.45, 2.75) is 30.4 Å². The summed E-state index contributed by atoms with van der Waals surface area (Å²) in [7, 11) is -3.64. The molecular formula is C29H28ClN7O4S3. The summed E-state index contributed by atoms with van der Waals surface area (Å²) in [5, 5.41) is 15.6. The Morgan fingerprint density at radius 1 is 1.00 bits per heavy atom. The van der Waals surface area contributed by atoms with Crippen LogP contribution >= 0.6 is 34.7 Å². The van der Waals surface area contributed by atoms with E-state index >= 15 is 0 Å². The standard InChI is InChI=1S/C29H28ClN7O4S3/c1-3-36(4-2)44(40,41)22-14-12-19(13-15-22)27(39)31-17-25-34-35-29(37(25)21-9-7-8-20(30)16-21)42-18-26(38)33-28-32-23-10-5-6-11-24(23)43-28/h5-16H,3-4,17-18H2,1-2H3,(H,31,39)(H,32,33,38). The number of nitrogens with one attached hydrogen (secondary N) is 2. The Kier molecular flexibility index (Phi) is 9.96. The first-order valence-corrected chi connectivity index (χ1v) is 17.2. The average molecular weight is 670 g/mol. The molecule has 2 heterocycles. The number of hydrogen-bond donors (Lipinski definition) is 2. The first kappa shape index (κ1) is 31.6. The second-order valence-corrected chi connectivity index (χ2v) is 13.7. The molecule has 44 heavy (non-hydrogen) atoms. The molecule has 0 saturated carbocycles. The van der Waals surface area contributed by atoms with Crippen molar-refractivity contribution in [3.8, 4) is 5.69 Å². The fourth-order valence-electron chi connectivity index (χ4n) is 4.35. The number of halogens is 1. The molecule has 5 rings (SSSR count). The summed E-state index contributed by atoms with van der Waals surface area (Å²) in [6, 6.07) is 20.5. The van der Waals surface area contributed by atoms with Gasteiger partial charge in [-0.1, -0.05) is 66.7 Å². The zero-order chi connectivity index (χ0) is 31.3. The zero-order valence-corrected chi connectivity index (χ0v) is 26.9. The number of thiazole rings is 1. The van der Waals surface area contributed by atoms with Crippen LogP contribution in [-0.2, 0) is 21.4 Å². The number of nitrogens with zero attached hydrogens (tertiary/aromatic N) is 5. The Morgan fingerprint density at radius 3 is 2.45 bits per heavy atom. The molecule has 0 bridgehead atoms. The van der Waals surface area contributed by atoms with Crippen molar-refractivity contribution < 1.29 is 18.0 Å². The lowest BCUT2D eigenvalue weighted by Gasteiger charge is -2.18. The normalized spacial score (nSPS) is 11.6. The Hall–Kier alpha value is -3.82. The van der Waals surface area contributed by atoms with Gasteiger partial charge in [0.15, 0.2) is 16.1 Å². The smallest absolute Gasteiger partial charge is 0.251 e. The predicted octanol–water partition coefficient (Wildman–Crippen LogP) is 5.22. The monoisotopic (exact) mass is 669 g/mol. The molecule has 15 heteroatoms. The molecule has 0 aliphatic rings. The summed E-state index contributed by atoms with van der Waals surface area (Å²) in [4.78, 5) is 30.3. The van der Waals surface area contributed by atoms with Crippen LogP contribution in [0.1, 0.15) is 30.0 Å². The molecule has 0 saturated heterocycles. The summed E-state index contributed by atoms with van der Waals surface area (Å²) in [6.07, 6.45) is 0. The summed E-state index contributed by atoms with van der Waals surface area (Å²) >= 11 is 8.84. The van der Waals surface area contributed by atoms with Crippen LogP contribution in [0, 0.1) is 0 Å². The van der Waals surface area contributed by atoms with Gasteiger partial charge in [-0.3, -0.25) is 14.2 Å². The first-order valence-electron chi connectivity index (χ1n) is 13.6. The molecule has 5 aromatic rings. The van der Waals surface area contributed by atoms with Gasteiger partial charge in [0.05, 0.1) is 33.1 Å². The molecule has 0 aliphatic carbocycles. The number of amides is 2. The maximum Gasteiger partial charge on any atom is 0.251 e. The van der Waals surface area contributed by atoms with E-state index in [-0.39, 0.29) is 23.1 Å². The van der Waals surface area contributed by atoms with E-state index in [4.69, 9.17) is 11.6 Å². The molecule has 0 aliphatic heterocycles. The van der Waals surface area contributed by atoms with E-state index in [1.165, 1.54) is 51.7 Å². The fraction of sp³-hybridized carbons (Fsp3) is 0.207. The number of carbonyl (C=O) groups excluding carboxylic acids is 2. The molecule has 0 atom stereocenters. The fourth-order valence-corrected chi connectivity index (χ4v) is 7.64. The van der Waals surface area contributed by atoms with Crippen molar-refractivity contribution in [2.24, 2.45) is 0 Å². The molecule has 0 radical (unpaired) electrons. The molecule has 0 fully saturated rings. The number of sulfonamides is 1. The Bertz CT molecular complexity index is 1870. The molecule has 2 amide bonds. The number of rotatable bonds is 12. The van der Waals surface area contributed by atoms with Gasteiger partial charge >= 0.3 is 0 Å². The number of benzene rings is 3. The summed E-state index contributed by atoms with van der Waals surface area (Å²) < 4.78 is 29.6. The molecule has 2 N–H and O–H groups in total. The minimum atomic E-state index is -3.64. The number of fused-ring (bicyclic) bond motifs is 1. The lowest BCUT2D eigenvalue weighted by molar-refractivity contribution is -0.113. The van der Waals surface area contributed by atoms with Gasteiger partial charge in [0.25, 0.3) is 5.91 Å². The number of hydrogen-bond acceptors (Lipinski definition) is 9. The highest BCUT2D eigenvalue weighted by molar-refractivity contribution is 7.99.